The summed E-state index contributed by atoms with van der Waals surface area (Å²) in [5, 5.41) is 3.41. The molecule has 0 bridgehead atoms. The molecule has 3 rings (SSSR count). The zero-order valence-electron chi connectivity index (χ0n) is 15.4. The average molecular weight is 391 g/mol. The van der Waals surface area contributed by atoms with Crippen molar-refractivity contribution in [3.63, 3.8) is 0 Å². The molecule has 0 aromatic heterocycles. The van der Waals surface area contributed by atoms with Crippen molar-refractivity contribution in [3.05, 3.63) is 52.8 Å². The molecule has 1 aliphatic rings. The number of hydrogen-bond acceptors (Lipinski definition) is 3. The monoisotopic (exact) mass is 390 g/mol. The van der Waals surface area contributed by atoms with Gasteiger partial charge < -0.3 is 15.0 Å². The number of nitrogens with one attached hydrogen (secondary N) is 1. The molecule has 0 atom stereocenters. The highest BCUT2D eigenvalue weighted by Crippen LogP contribution is 2.31. The number of rotatable bonds is 7. The molecule has 2 aromatic rings. The fourth-order valence-corrected chi connectivity index (χ4v) is 3.48. The predicted octanol–water partition coefficient (Wildman–Crippen LogP) is 5.19. The van der Waals surface area contributed by atoms with Crippen molar-refractivity contribution < 1.29 is 13.9 Å². The molecular formula is C21H24ClFN2O2. The van der Waals surface area contributed by atoms with E-state index in [2.05, 4.69) is 10.2 Å². The van der Waals surface area contributed by atoms with Crippen molar-refractivity contribution in [1.29, 1.82) is 0 Å². The highest BCUT2D eigenvalue weighted by molar-refractivity contribution is 6.30. The minimum Gasteiger partial charge on any atom is -0.493 e. The predicted molar refractivity (Wildman–Crippen MR) is 107 cm³/mol. The molecule has 1 fully saturated rings. The normalized spacial score (nSPS) is 13.7. The lowest BCUT2D eigenvalue weighted by atomic mass is 10.2. The van der Waals surface area contributed by atoms with Gasteiger partial charge in [-0.1, -0.05) is 17.7 Å². The Morgan fingerprint density at radius 1 is 1.26 bits per heavy atom. The first-order chi connectivity index (χ1) is 13.0. The lowest BCUT2D eigenvalue weighted by Gasteiger charge is -2.22. The topological polar surface area (TPSA) is 41.6 Å². The largest absolute Gasteiger partial charge is 0.493 e. The number of anilines is 2. The van der Waals surface area contributed by atoms with Crippen molar-refractivity contribution in [2.45, 2.75) is 32.6 Å². The Morgan fingerprint density at radius 2 is 2.04 bits per heavy atom. The summed E-state index contributed by atoms with van der Waals surface area (Å²) < 4.78 is 20.0. The molecule has 1 amide bonds. The van der Waals surface area contributed by atoms with Crippen LogP contribution in [0.3, 0.4) is 0 Å². The van der Waals surface area contributed by atoms with Gasteiger partial charge in [0.15, 0.2) is 0 Å². The number of carbonyl (C=O) groups excluding carboxylic acids is 1. The van der Waals surface area contributed by atoms with Crippen LogP contribution < -0.4 is 15.0 Å². The zero-order valence-corrected chi connectivity index (χ0v) is 16.2. The van der Waals surface area contributed by atoms with E-state index in [1.54, 1.807) is 12.1 Å². The molecule has 2 aromatic carbocycles. The van der Waals surface area contributed by atoms with E-state index in [9.17, 15) is 9.18 Å². The molecule has 1 N–H and O–H groups in total. The lowest BCUT2D eigenvalue weighted by Crippen LogP contribution is -2.22. The minimum absolute atomic E-state index is 0.211. The second kappa shape index (κ2) is 9.09. The molecule has 1 heterocycles. The van der Waals surface area contributed by atoms with Gasteiger partial charge in [0.2, 0.25) is 5.91 Å². The summed E-state index contributed by atoms with van der Waals surface area (Å²) in [5.74, 6) is 0.142. The van der Waals surface area contributed by atoms with E-state index in [4.69, 9.17) is 16.3 Å². The van der Waals surface area contributed by atoms with Gasteiger partial charge >= 0.3 is 0 Å². The van der Waals surface area contributed by atoms with Crippen molar-refractivity contribution in [3.8, 4) is 5.75 Å². The Morgan fingerprint density at radius 3 is 2.78 bits per heavy atom. The van der Waals surface area contributed by atoms with E-state index in [1.807, 2.05) is 25.1 Å². The molecule has 144 valence electrons. The summed E-state index contributed by atoms with van der Waals surface area (Å²) in [4.78, 5) is 14.4. The van der Waals surface area contributed by atoms with Crippen LogP contribution in [0.2, 0.25) is 5.02 Å². The average Bonchev–Trinajstić information content (AvgIpc) is 3.16. The minimum atomic E-state index is -0.402. The van der Waals surface area contributed by atoms with Gasteiger partial charge in [-0.2, -0.15) is 0 Å². The van der Waals surface area contributed by atoms with Crippen LogP contribution in [-0.4, -0.2) is 25.6 Å². The van der Waals surface area contributed by atoms with Crippen molar-refractivity contribution in [1.82, 2.24) is 0 Å². The van der Waals surface area contributed by atoms with Gasteiger partial charge in [-0.15, -0.1) is 0 Å². The maximum atomic E-state index is 14.3. The van der Waals surface area contributed by atoms with E-state index in [-0.39, 0.29) is 18.0 Å². The third-order valence-corrected chi connectivity index (χ3v) is 4.88. The molecular weight excluding hydrogens is 367 g/mol. The van der Waals surface area contributed by atoms with Gasteiger partial charge in [0.1, 0.15) is 17.3 Å². The molecule has 4 nitrogen and oxygen atoms in total. The fraction of sp³-hybridized carbons (Fsp3) is 0.381. The van der Waals surface area contributed by atoms with E-state index >= 15 is 0 Å². The molecule has 0 unspecified atom stereocenters. The molecule has 1 aliphatic heterocycles. The first kappa shape index (κ1) is 19.5. The van der Waals surface area contributed by atoms with Crippen LogP contribution in [0.4, 0.5) is 15.8 Å². The summed E-state index contributed by atoms with van der Waals surface area (Å²) >= 11 is 5.93. The Balaban J connectivity index is 1.52. The van der Waals surface area contributed by atoms with Crippen LogP contribution in [0.1, 0.15) is 31.2 Å². The molecule has 0 spiro atoms. The fourth-order valence-electron chi connectivity index (χ4n) is 3.25. The number of aryl methyl sites for hydroxylation is 1. The van der Waals surface area contributed by atoms with Crippen molar-refractivity contribution in [2.24, 2.45) is 0 Å². The van der Waals surface area contributed by atoms with Gasteiger partial charge in [0.05, 0.1) is 12.3 Å². The second-order valence-corrected chi connectivity index (χ2v) is 7.17. The smallest absolute Gasteiger partial charge is 0.224 e. The lowest BCUT2D eigenvalue weighted by molar-refractivity contribution is -0.116. The number of halogens is 2. The van der Waals surface area contributed by atoms with E-state index in [0.29, 0.717) is 18.1 Å². The Hall–Kier alpha value is -2.27. The zero-order chi connectivity index (χ0) is 19.2. The van der Waals surface area contributed by atoms with Gasteiger partial charge in [-0.25, -0.2) is 4.39 Å². The van der Waals surface area contributed by atoms with E-state index in [0.717, 1.165) is 42.9 Å². The quantitative estimate of drug-likeness (QED) is 0.662. The third kappa shape index (κ3) is 5.13. The van der Waals surface area contributed by atoms with E-state index in [1.165, 1.54) is 6.07 Å². The van der Waals surface area contributed by atoms with Gasteiger partial charge in [-0.3, -0.25) is 4.79 Å². The molecule has 6 heteroatoms. The number of ether oxygens (including phenoxy) is 1. The molecule has 1 saturated heterocycles. The maximum absolute atomic E-state index is 14.3. The summed E-state index contributed by atoms with van der Waals surface area (Å²) in [6.07, 6.45) is 2.98. The van der Waals surface area contributed by atoms with Crippen molar-refractivity contribution in [2.75, 3.05) is 29.9 Å². The summed E-state index contributed by atoms with van der Waals surface area (Å²) in [6.45, 7) is 4.11. The van der Waals surface area contributed by atoms with Crippen LogP contribution in [0.25, 0.3) is 0 Å². The summed E-state index contributed by atoms with van der Waals surface area (Å²) in [5.41, 5.74) is 1.99. The number of hydrogen-bond donors (Lipinski definition) is 1. The van der Waals surface area contributed by atoms with Crippen LogP contribution in [0.15, 0.2) is 36.4 Å². The van der Waals surface area contributed by atoms with Crippen LogP contribution >= 0.6 is 11.6 Å². The molecule has 0 saturated carbocycles. The first-order valence-electron chi connectivity index (χ1n) is 9.27. The number of amides is 1. The number of benzene rings is 2. The molecule has 0 aliphatic carbocycles. The molecule has 27 heavy (non-hydrogen) atoms. The summed E-state index contributed by atoms with van der Waals surface area (Å²) in [6, 6.07) is 10.3. The van der Waals surface area contributed by atoms with Gasteiger partial charge in [0, 0.05) is 24.5 Å². The number of nitrogens with zero attached hydrogens (tertiary/aromatic N) is 1. The number of para-hydroxylation sites is 1. The van der Waals surface area contributed by atoms with Crippen LogP contribution in [0.5, 0.6) is 5.75 Å². The number of carbonyl (C=O) groups is 1. The van der Waals surface area contributed by atoms with E-state index < -0.39 is 5.82 Å². The summed E-state index contributed by atoms with van der Waals surface area (Å²) in [7, 11) is 0. The third-order valence-electron chi connectivity index (χ3n) is 4.65. The van der Waals surface area contributed by atoms with Crippen molar-refractivity contribution >= 4 is 28.9 Å². The van der Waals surface area contributed by atoms with Crippen LogP contribution in [0, 0.1) is 12.7 Å². The maximum Gasteiger partial charge on any atom is 0.224 e. The Bertz CT molecular complexity index is 807. The highest BCUT2D eigenvalue weighted by atomic mass is 35.5. The van der Waals surface area contributed by atoms with Gasteiger partial charge in [-0.05, 0) is 62.1 Å². The Labute approximate surface area is 164 Å². The first-order valence-corrected chi connectivity index (χ1v) is 9.64. The standard InChI is InChI=1S/C21H24ClFN2O2/c1-15-14-16(22)9-10-19(15)27-13-5-8-20(26)24-21-17(23)6-4-7-18(21)25-11-2-3-12-25/h4,6-7,9-10,14H,2-3,5,8,11-13H2,1H3,(H,24,26). The highest BCUT2D eigenvalue weighted by Gasteiger charge is 2.19. The molecule has 0 radical (unpaired) electrons. The second-order valence-electron chi connectivity index (χ2n) is 6.74. The van der Waals surface area contributed by atoms with Gasteiger partial charge in [0.25, 0.3) is 0 Å². The Kier molecular flexibility index (Phi) is 6.56. The SMILES string of the molecule is Cc1cc(Cl)ccc1OCCCC(=O)Nc1c(F)cccc1N1CCCC1. The van der Waals surface area contributed by atoms with Crippen LogP contribution in [-0.2, 0) is 4.79 Å².